The van der Waals surface area contributed by atoms with Crippen molar-refractivity contribution in [3.05, 3.63) is 24.4 Å². The lowest BCUT2D eigenvalue weighted by Gasteiger charge is -2.03. The Balaban J connectivity index is 2.84. The van der Waals surface area contributed by atoms with Crippen LogP contribution in [0.5, 0.6) is 5.88 Å². The maximum absolute atomic E-state index is 10.3. The van der Waals surface area contributed by atoms with Crippen LogP contribution in [-0.4, -0.2) is 12.6 Å². The average Bonchev–Trinajstić information content (AvgIpc) is 2.08. The number of carboxylic acid groups (broad SMARTS) is 1. The Hall–Kier alpha value is -1.58. The van der Waals surface area contributed by atoms with Crippen LogP contribution in [0.3, 0.4) is 0 Å². The molecule has 70 valence electrons. The molecule has 13 heavy (non-hydrogen) atoms. The van der Waals surface area contributed by atoms with Crippen LogP contribution in [0, 0.1) is 0 Å². The number of hydrogen-bond donors (Lipinski definition) is 0. The summed E-state index contributed by atoms with van der Waals surface area (Å²) in [6.07, 6.45) is 1.64. The van der Waals surface area contributed by atoms with E-state index in [-0.39, 0.29) is 6.54 Å². The van der Waals surface area contributed by atoms with Crippen molar-refractivity contribution in [1.82, 2.24) is 0 Å². The highest BCUT2D eigenvalue weighted by Crippen LogP contribution is 2.00. The summed E-state index contributed by atoms with van der Waals surface area (Å²) >= 11 is 0. The predicted octanol–water partition coefficient (Wildman–Crippen LogP) is -0.877. The lowest BCUT2D eigenvalue weighted by molar-refractivity contribution is -0.695. The fourth-order valence-electron chi connectivity index (χ4n) is 1.01. The van der Waals surface area contributed by atoms with E-state index in [1.807, 2.05) is 6.92 Å². The van der Waals surface area contributed by atoms with Crippen LogP contribution >= 0.6 is 0 Å². The number of nitrogens with zero attached hydrogens (tertiary/aromatic N) is 1. The maximum Gasteiger partial charge on any atom is 0.368 e. The molecule has 0 fully saturated rings. The molecule has 0 radical (unpaired) electrons. The van der Waals surface area contributed by atoms with E-state index in [4.69, 9.17) is 4.74 Å². The van der Waals surface area contributed by atoms with Gasteiger partial charge in [0.2, 0.25) is 0 Å². The SMILES string of the molecule is CCOc1cccc[n+]1CC(=O)[O-]. The van der Waals surface area contributed by atoms with Gasteiger partial charge in [0.05, 0.1) is 12.7 Å². The molecule has 0 aliphatic carbocycles. The van der Waals surface area contributed by atoms with Gasteiger partial charge in [0, 0.05) is 6.07 Å². The van der Waals surface area contributed by atoms with Gasteiger partial charge >= 0.3 is 5.88 Å². The minimum atomic E-state index is -1.13. The molecule has 1 aromatic rings. The predicted molar refractivity (Wildman–Crippen MR) is 42.8 cm³/mol. The molecule has 0 saturated carbocycles. The first kappa shape index (κ1) is 9.51. The number of aromatic nitrogens is 1. The van der Waals surface area contributed by atoms with E-state index < -0.39 is 5.97 Å². The van der Waals surface area contributed by atoms with Crippen molar-refractivity contribution in [1.29, 1.82) is 0 Å². The molecule has 1 heterocycles. The molecule has 1 aromatic heterocycles. The highest BCUT2D eigenvalue weighted by molar-refractivity contribution is 5.62. The standard InChI is InChI=1S/C9H11NO3/c1-2-13-8-5-3-4-6-10(8)7-9(11)12/h3-6H,2,7H2,1H3. The Morgan fingerprint density at radius 2 is 2.38 bits per heavy atom. The molecule has 0 bridgehead atoms. The number of carbonyl (C=O) groups excluding carboxylic acids is 1. The molecule has 4 nitrogen and oxygen atoms in total. The first-order valence-electron chi connectivity index (χ1n) is 4.05. The summed E-state index contributed by atoms with van der Waals surface area (Å²) < 4.78 is 6.69. The van der Waals surface area contributed by atoms with Crippen molar-refractivity contribution in [3.8, 4) is 5.88 Å². The smallest absolute Gasteiger partial charge is 0.368 e. The van der Waals surface area contributed by atoms with Crippen molar-refractivity contribution < 1.29 is 19.2 Å². The quantitative estimate of drug-likeness (QED) is 0.567. The van der Waals surface area contributed by atoms with Crippen molar-refractivity contribution in [3.63, 3.8) is 0 Å². The van der Waals surface area contributed by atoms with Crippen LogP contribution in [0.15, 0.2) is 24.4 Å². The largest absolute Gasteiger partial charge is 0.544 e. The van der Waals surface area contributed by atoms with Gasteiger partial charge in [0.25, 0.3) is 0 Å². The molecular weight excluding hydrogens is 170 g/mol. The number of ether oxygens (including phenoxy) is 1. The molecule has 0 amide bonds. The molecule has 0 saturated heterocycles. The number of rotatable bonds is 4. The van der Waals surface area contributed by atoms with Crippen LogP contribution in [0.25, 0.3) is 0 Å². The lowest BCUT2D eigenvalue weighted by Crippen LogP contribution is -2.44. The van der Waals surface area contributed by atoms with E-state index in [2.05, 4.69) is 0 Å². The molecule has 4 heteroatoms. The second-order valence-corrected chi connectivity index (χ2v) is 2.47. The third kappa shape index (κ3) is 2.74. The fourth-order valence-corrected chi connectivity index (χ4v) is 1.01. The summed E-state index contributed by atoms with van der Waals surface area (Å²) in [5.41, 5.74) is 0. The van der Waals surface area contributed by atoms with Crippen molar-refractivity contribution in [2.75, 3.05) is 6.61 Å². The number of pyridine rings is 1. The van der Waals surface area contributed by atoms with E-state index in [1.165, 1.54) is 4.57 Å². The van der Waals surface area contributed by atoms with Gasteiger partial charge in [-0.3, -0.25) is 0 Å². The normalized spacial score (nSPS) is 9.62. The lowest BCUT2D eigenvalue weighted by atomic mass is 10.4. The number of carbonyl (C=O) groups is 1. The zero-order chi connectivity index (χ0) is 9.68. The number of carboxylic acids is 1. The van der Waals surface area contributed by atoms with E-state index in [9.17, 15) is 9.90 Å². The van der Waals surface area contributed by atoms with Crippen LogP contribution in [0.1, 0.15) is 6.92 Å². The first-order chi connectivity index (χ1) is 6.24. The molecule has 0 spiro atoms. The highest BCUT2D eigenvalue weighted by atomic mass is 16.5. The van der Waals surface area contributed by atoms with Gasteiger partial charge in [-0.1, -0.05) is 0 Å². The number of hydrogen-bond acceptors (Lipinski definition) is 3. The second kappa shape index (κ2) is 4.45. The summed E-state index contributed by atoms with van der Waals surface area (Å²) in [5, 5.41) is 10.3. The van der Waals surface area contributed by atoms with E-state index in [0.29, 0.717) is 12.5 Å². The van der Waals surface area contributed by atoms with Crippen molar-refractivity contribution in [2.45, 2.75) is 13.5 Å². The van der Waals surface area contributed by atoms with Gasteiger partial charge in [0.15, 0.2) is 12.7 Å². The first-order valence-corrected chi connectivity index (χ1v) is 4.05. The molecular formula is C9H11NO3. The van der Waals surface area contributed by atoms with Crippen molar-refractivity contribution in [2.24, 2.45) is 0 Å². The van der Waals surface area contributed by atoms with E-state index in [0.717, 1.165) is 0 Å². The van der Waals surface area contributed by atoms with Gasteiger partial charge in [-0.15, -0.1) is 0 Å². The molecule has 1 rings (SSSR count). The average molecular weight is 181 g/mol. The van der Waals surface area contributed by atoms with Gasteiger partial charge in [0.1, 0.15) is 5.97 Å². The van der Waals surface area contributed by atoms with Crippen LogP contribution < -0.4 is 14.4 Å². The Morgan fingerprint density at radius 3 is 3.00 bits per heavy atom. The Kier molecular flexibility index (Phi) is 3.25. The highest BCUT2D eigenvalue weighted by Gasteiger charge is 2.09. The second-order valence-electron chi connectivity index (χ2n) is 2.47. The molecule has 0 aliphatic rings. The third-order valence-corrected chi connectivity index (χ3v) is 1.49. The zero-order valence-corrected chi connectivity index (χ0v) is 7.40. The molecule has 0 atom stereocenters. The van der Waals surface area contributed by atoms with Gasteiger partial charge < -0.3 is 14.6 Å². The topological polar surface area (TPSA) is 53.2 Å². The van der Waals surface area contributed by atoms with Crippen LogP contribution in [-0.2, 0) is 11.3 Å². The maximum atomic E-state index is 10.3. The summed E-state index contributed by atoms with van der Waals surface area (Å²) in [6.45, 7) is 2.17. The molecule has 0 N–H and O–H groups in total. The molecule has 0 unspecified atom stereocenters. The van der Waals surface area contributed by atoms with Crippen molar-refractivity contribution >= 4 is 5.97 Å². The summed E-state index contributed by atoms with van der Waals surface area (Å²) in [7, 11) is 0. The fraction of sp³-hybridized carbons (Fsp3) is 0.333. The van der Waals surface area contributed by atoms with Gasteiger partial charge in [-0.25, -0.2) is 0 Å². The van der Waals surface area contributed by atoms with Gasteiger partial charge in [-0.05, 0) is 13.0 Å². The molecule has 0 aromatic carbocycles. The summed E-state index contributed by atoms with van der Waals surface area (Å²) in [4.78, 5) is 10.3. The minimum absolute atomic E-state index is 0.184. The summed E-state index contributed by atoms with van der Waals surface area (Å²) in [6, 6.07) is 5.24. The van der Waals surface area contributed by atoms with Gasteiger partial charge in [-0.2, -0.15) is 4.57 Å². The zero-order valence-electron chi connectivity index (χ0n) is 7.40. The van der Waals surface area contributed by atoms with Crippen LogP contribution in [0.2, 0.25) is 0 Å². The Morgan fingerprint density at radius 1 is 1.62 bits per heavy atom. The molecule has 0 aliphatic heterocycles. The van der Waals surface area contributed by atoms with Crippen LogP contribution in [0.4, 0.5) is 0 Å². The monoisotopic (exact) mass is 181 g/mol. The Labute approximate surface area is 76.4 Å². The van der Waals surface area contributed by atoms with E-state index >= 15 is 0 Å². The third-order valence-electron chi connectivity index (χ3n) is 1.49. The van der Waals surface area contributed by atoms with E-state index in [1.54, 1.807) is 24.4 Å². The minimum Gasteiger partial charge on any atom is -0.544 e. The number of aliphatic carboxylic acids is 1. The Bertz CT molecular complexity index is 299. The summed E-state index contributed by atoms with van der Waals surface area (Å²) in [5.74, 6) is -0.591.